The zero-order chi connectivity index (χ0) is 20.7. The van der Waals surface area contributed by atoms with E-state index in [0.717, 1.165) is 16.6 Å². The van der Waals surface area contributed by atoms with Crippen LogP contribution in [0.15, 0.2) is 46.9 Å². The van der Waals surface area contributed by atoms with Gasteiger partial charge in [0.05, 0.1) is 11.1 Å². The molecule has 0 bridgehead atoms. The number of hydrogen-bond donors (Lipinski definition) is 1. The van der Waals surface area contributed by atoms with Crippen LogP contribution in [0.1, 0.15) is 46.6 Å². The fourth-order valence-electron chi connectivity index (χ4n) is 2.50. The largest absolute Gasteiger partial charge is 0.494 e. The van der Waals surface area contributed by atoms with Crippen molar-refractivity contribution < 1.29 is 14.3 Å². The van der Waals surface area contributed by atoms with Crippen LogP contribution in [0.5, 0.6) is 11.5 Å². The lowest BCUT2D eigenvalue weighted by atomic mass is 9.87. The van der Waals surface area contributed by atoms with Crippen molar-refractivity contribution in [1.29, 1.82) is 0 Å². The normalized spacial score (nSPS) is 11.4. The monoisotopic (exact) mass is 447 g/mol. The Hall–Kier alpha value is -2.01. The molecule has 0 aliphatic rings. The van der Waals surface area contributed by atoms with Gasteiger partial charge in [-0.15, -0.1) is 0 Å². The molecule has 0 aliphatic carbocycles. The molecule has 0 atom stereocenters. The lowest BCUT2D eigenvalue weighted by Gasteiger charge is -2.20. The minimum Gasteiger partial charge on any atom is -0.494 e. The third kappa shape index (κ3) is 7.19. The summed E-state index contributed by atoms with van der Waals surface area (Å²) < 4.78 is 12.2. The van der Waals surface area contributed by atoms with Crippen LogP contribution >= 0.6 is 15.9 Å². The molecule has 1 amide bonds. The predicted molar refractivity (Wildman–Crippen MR) is 118 cm³/mol. The Morgan fingerprint density at radius 3 is 2.50 bits per heavy atom. The van der Waals surface area contributed by atoms with Crippen molar-refractivity contribution >= 4 is 27.5 Å². The third-order valence-corrected chi connectivity index (χ3v) is 4.86. The summed E-state index contributed by atoms with van der Waals surface area (Å²) in [6.45, 7) is 11.4. The van der Waals surface area contributed by atoms with Gasteiger partial charge >= 0.3 is 0 Å². The van der Waals surface area contributed by atoms with Gasteiger partial charge in [0.1, 0.15) is 11.5 Å². The van der Waals surface area contributed by atoms with Crippen LogP contribution in [0.4, 0.5) is 5.69 Å². The number of carbonyl (C=O) groups excluding carboxylic acids is 1. The molecule has 0 heterocycles. The van der Waals surface area contributed by atoms with Crippen molar-refractivity contribution in [1.82, 2.24) is 0 Å². The smallest absolute Gasteiger partial charge is 0.262 e. The van der Waals surface area contributed by atoms with Gasteiger partial charge in [-0.2, -0.15) is 0 Å². The highest BCUT2D eigenvalue weighted by atomic mass is 79.9. The Morgan fingerprint density at radius 1 is 1.11 bits per heavy atom. The van der Waals surface area contributed by atoms with E-state index in [0.29, 0.717) is 24.0 Å². The van der Waals surface area contributed by atoms with E-state index in [4.69, 9.17) is 9.47 Å². The standard InChI is InChI=1S/C23H30BrNO3/c1-16(2)11-12-27-19-8-6-7-18(14-19)25-22(26)15-28-21-10-9-17(13-20(21)24)23(3,4)5/h6-10,13-14,16H,11-12,15H2,1-5H3,(H,25,26). The maximum absolute atomic E-state index is 12.2. The summed E-state index contributed by atoms with van der Waals surface area (Å²) in [4.78, 5) is 12.2. The number of benzene rings is 2. The Balaban J connectivity index is 1.89. The summed E-state index contributed by atoms with van der Waals surface area (Å²) in [6.07, 6.45) is 0.993. The number of halogens is 1. The molecule has 2 aromatic carbocycles. The van der Waals surface area contributed by atoms with Crippen LogP contribution in [0.3, 0.4) is 0 Å². The highest BCUT2D eigenvalue weighted by Crippen LogP contribution is 2.31. The minimum absolute atomic E-state index is 0.0562. The maximum atomic E-state index is 12.2. The van der Waals surface area contributed by atoms with Crippen LogP contribution in [0, 0.1) is 5.92 Å². The topological polar surface area (TPSA) is 47.6 Å². The Labute approximate surface area is 176 Å². The van der Waals surface area contributed by atoms with Gasteiger partial charge in [-0.05, 0) is 63.5 Å². The molecule has 0 fully saturated rings. The van der Waals surface area contributed by atoms with Crippen LogP contribution in [0.2, 0.25) is 0 Å². The summed E-state index contributed by atoms with van der Waals surface area (Å²) in [5.41, 5.74) is 1.95. The van der Waals surface area contributed by atoms with Gasteiger partial charge in [-0.25, -0.2) is 0 Å². The van der Waals surface area contributed by atoms with E-state index < -0.39 is 0 Å². The van der Waals surface area contributed by atoms with Gasteiger partial charge < -0.3 is 14.8 Å². The molecule has 5 heteroatoms. The molecule has 0 unspecified atom stereocenters. The van der Waals surface area contributed by atoms with Crippen molar-refractivity contribution in [3.63, 3.8) is 0 Å². The summed E-state index contributed by atoms with van der Waals surface area (Å²) in [5.74, 6) is 1.77. The number of anilines is 1. The molecule has 152 valence electrons. The quantitative estimate of drug-likeness (QED) is 0.524. The lowest BCUT2D eigenvalue weighted by Crippen LogP contribution is -2.20. The first-order chi connectivity index (χ1) is 13.1. The van der Waals surface area contributed by atoms with Crippen LogP contribution in [-0.2, 0) is 10.2 Å². The maximum Gasteiger partial charge on any atom is 0.262 e. The summed E-state index contributed by atoms with van der Waals surface area (Å²) in [5, 5.41) is 2.85. The van der Waals surface area contributed by atoms with E-state index in [9.17, 15) is 4.79 Å². The molecule has 2 aromatic rings. The van der Waals surface area contributed by atoms with Gasteiger partial charge in [0.2, 0.25) is 0 Å². The predicted octanol–water partition coefficient (Wildman–Crippen LogP) is 6.19. The average Bonchev–Trinajstić information content (AvgIpc) is 2.60. The van der Waals surface area contributed by atoms with Crippen LogP contribution < -0.4 is 14.8 Å². The van der Waals surface area contributed by atoms with Crippen molar-refractivity contribution in [3.8, 4) is 11.5 Å². The van der Waals surface area contributed by atoms with Gasteiger partial charge in [0.25, 0.3) is 5.91 Å². The number of amides is 1. The molecule has 2 rings (SSSR count). The second-order valence-electron chi connectivity index (χ2n) is 8.29. The zero-order valence-electron chi connectivity index (χ0n) is 17.3. The third-order valence-electron chi connectivity index (χ3n) is 4.24. The molecule has 1 N–H and O–H groups in total. The highest BCUT2D eigenvalue weighted by molar-refractivity contribution is 9.10. The van der Waals surface area contributed by atoms with E-state index in [-0.39, 0.29) is 17.9 Å². The molecular formula is C23H30BrNO3. The van der Waals surface area contributed by atoms with Crippen molar-refractivity contribution in [3.05, 3.63) is 52.5 Å². The molecule has 0 aliphatic heterocycles. The van der Waals surface area contributed by atoms with E-state index in [2.05, 4.69) is 55.9 Å². The van der Waals surface area contributed by atoms with Gasteiger partial charge in [-0.3, -0.25) is 4.79 Å². The molecule has 0 radical (unpaired) electrons. The van der Waals surface area contributed by atoms with Crippen molar-refractivity contribution in [2.24, 2.45) is 5.92 Å². The Morgan fingerprint density at radius 2 is 1.86 bits per heavy atom. The molecule has 0 aromatic heterocycles. The van der Waals surface area contributed by atoms with E-state index in [1.165, 1.54) is 5.56 Å². The fourth-order valence-corrected chi connectivity index (χ4v) is 2.99. The van der Waals surface area contributed by atoms with Crippen LogP contribution in [-0.4, -0.2) is 19.1 Å². The summed E-state index contributed by atoms with van der Waals surface area (Å²) in [6, 6.07) is 13.4. The number of hydrogen-bond acceptors (Lipinski definition) is 3. The van der Waals surface area contributed by atoms with Gasteiger partial charge in [0, 0.05) is 11.8 Å². The number of rotatable bonds is 8. The highest BCUT2D eigenvalue weighted by Gasteiger charge is 2.15. The number of nitrogens with one attached hydrogen (secondary N) is 1. The molecule has 0 spiro atoms. The second kappa shape index (κ2) is 9.97. The molecule has 4 nitrogen and oxygen atoms in total. The number of carbonyl (C=O) groups is 1. The Kier molecular flexibility index (Phi) is 7.93. The molecule has 0 saturated carbocycles. The van der Waals surface area contributed by atoms with Gasteiger partial charge in [-0.1, -0.05) is 46.8 Å². The second-order valence-corrected chi connectivity index (χ2v) is 9.15. The molecular weight excluding hydrogens is 418 g/mol. The average molecular weight is 448 g/mol. The van der Waals surface area contributed by atoms with Gasteiger partial charge in [0.15, 0.2) is 6.61 Å². The lowest BCUT2D eigenvalue weighted by molar-refractivity contribution is -0.118. The van der Waals surface area contributed by atoms with Crippen LogP contribution in [0.25, 0.3) is 0 Å². The first kappa shape index (κ1) is 22.3. The summed E-state index contributed by atoms with van der Waals surface area (Å²) >= 11 is 3.53. The first-order valence-corrected chi connectivity index (χ1v) is 10.4. The van der Waals surface area contributed by atoms with E-state index in [1.54, 1.807) is 0 Å². The van der Waals surface area contributed by atoms with Crippen molar-refractivity contribution in [2.75, 3.05) is 18.5 Å². The fraction of sp³-hybridized carbons (Fsp3) is 0.435. The van der Waals surface area contributed by atoms with E-state index in [1.807, 2.05) is 42.5 Å². The Bertz CT molecular complexity index is 797. The summed E-state index contributed by atoms with van der Waals surface area (Å²) in [7, 11) is 0. The number of ether oxygens (including phenoxy) is 2. The molecule has 0 saturated heterocycles. The molecule has 28 heavy (non-hydrogen) atoms. The van der Waals surface area contributed by atoms with E-state index >= 15 is 0 Å². The SMILES string of the molecule is CC(C)CCOc1cccc(NC(=O)COc2ccc(C(C)(C)C)cc2Br)c1. The first-order valence-electron chi connectivity index (χ1n) is 9.60. The van der Waals surface area contributed by atoms with Crippen molar-refractivity contribution in [2.45, 2.75) is 46.5 Å². The minimum atomic E-state index is -0.217. The zero-order valence-corrected chi connectivity index (χ0v) is 18.9.